The highest BCUT2D eigenvalue weighted by atomic mass is 16.6. The van der Waals surface area contributed by atoms with Crippen LogP contribution in [0.4, 0.5) is 16.4 Å². The van der Waals surface area contributed by atoms with Gasteiger partial charge in [0, 0.05) is 30.4 Å². The van der Waals surface area contributed by atoms with E-state index in [-0.39, 0.29) is 6.09 Å². The highest BCUT2D eigenvalue weighted by Gasteiger charge is 2.26. The Kier molecular flexibility index (Phi) is 4.38. The Morgan fingerprint density at radius 3 is 2.71 bits per heavy atom. The van der Waals surface area contributed by atoms with Crippen LogP contribution in [0.15, 0.2) is 36.5 Å². The van der Waals surface area contributed by atoms with Crippen LogP contribution in [-0.2, 0) is 17.7 Å². The maximum Gasteiger partial charge on any atom is 0.410 e. The van der Waals surface area contributed by atoms with E-state index >= 15 is 0 Å². The van der Waals surface area contributed by atoms with Gasteiger partial charge in [-0.25, -0.2) is 14.8 Å². The molecule has 24 heavy (non-hydrogen) atoms. The summed E-state index contributed by atoms with van der Waals surface area (Å²) in [4.78, 5) is 22.8. The first-order chi connectivity index (χ1) is 11.4. The van der Waals surface area contributed by atoms with Crippen LogP contribution in [0.5, 0.6) is 0 Å². The molecule has 1 aliphatic rings. The van der Waals surface area contributed by atoms with E-state index in [2.05, 4.69) is 15.3 Å². The molecule has 0 bridgehead atoms. The molecular formula is C18H22N4O2. The number of para-hydroxylation sites is 1. The van der Waals surface area contributed by atoms with Gasteiger partial charge in [-0.2, -0.15) is 0 Å². The summed E-state index contributed by atoms with van der Waals surface area (Å²) in [5.41, 5.74) is 2.40. The fourth-order valence-electron chi connectivity index (χ4n) is 2.51. The molecule has 1 N–H and O–H groups in total. The third kappa shape index (κ3) is 4.01. The summed E-state index contributed by atoms with van der Waals surface area (Å²) in [6.45, 7) is 6.69. The van der Waals surface area contributed by atoms with Crippen molar-refractivity contribution in [1.82, 2.24) is 14.9 Å². The molecule has 2 aromatic rings. The Balaban J connectivity index is 1.69. The van der Waals surface area contributed by atoms with E-state index < -0.39 is 5.60 Å². The minimum absolute atomic E-state index is 0.292. The molecule has 0 saturated heterocycles. The van der Waals surface area contributed by atoms with E-state index in [1.54, 1.807) is 11.1 Å². The third-order valence-corrected chi connectivity index (χ3v) is 3.62. The SMILES string of the molecule is CC(C)(C)OC(=O)N1CCc2nc(Nc3ccccc3)ncc2C1. The Morgan fingerprint density at radius 1 is 1.25 bits per heavy atom. The number of benzene rings is 1. The van der Waals surface area contributed by atoms with E-state index in [1.807, 2.05) is 51.1 Å². The third-order valence-electron chi connectivity index (χ3n) is 3.62. The number of rotatable bonds is 2. The molecule has 6 nitrogen and oxygen atoms in total. The summed E-state index contributed by atoms with van der Waals surface area (Å²) in [6.07, 6.45) is 2.18. The summed E-state index contributed by atoms with van der Waals surface area (Å²) in [5, 5.41) is 3.19. The molecule has 2 heterocycles. The molecule has 0 unspecified atom stereocenters. The number of fused-ring (bicyclic) bond motifs is 1. The number of aromatic nitrogens is 2. The number of carbonyl (C=O) groups excluding carboxylic acids is 1. The quantitative estimate of drug-likeness (QED) is 0.914. The molecule has 6 heteroatoms. The number of hydrogen-bond donors (Lipinski definition) is 1. The lowest BCUT2D eigenvalue weighted by atomic mass is 10.1. The Morgan fingerprint density at radius 2 is 2.00 bits per heavy atom. The molecule has 0 atom stereocenters. The van der Waals surface area contributed by atoms with Crippen molar-refractivity contribution < 1.29 is 9.53 Å². The maximum absolute atomic E-state index is 12.2. The van der Waals surface area contributed by atoms with Crippen LogP contribution >= 0.6 is 0 Å². The minimum atomic E-state index is -0.489. The molecule has 0 fully saturated rings. The average Bonchev–Trinajstić information content (AvgIpc) is 2.53. The van der Waals surface area contributed by atoms with Crippen LogP contribution in [0.3, 0.4) is 0 Å². The zero-order valence-electron chi connectivity index (χ0n) is 14.2. The molecule has 1 amide bonds. The molecule has 3 rings (SSSR count). The summed E-state index contributed by atoms with van der Waals surface area (Å²) < 4.78 is 5.43. The van der Waals surface area contributed by atoms with Gasteiger partial charge in [-0.1, -0.05) is 18.2 Å². The molecule has 126 valence electrons. The van der Waals surface area contributed by atoms with Gasteiger partial charge in [0.25, 0.3) is 0 Å². The van der Waals surface area contributed by atoms with Crippen LogP contribution in [-0.4, -0.2) is 33.1 Å². The second-order valence-electron chi connectivity index (χ2n) is 6.81. The van der Waals surface area contributed by atoms with E-state index in [1.165, 1.54) is 0 Å². The number of amides is 1. The second-order valence-corrected chi connectivity index (χ2v) is 6.81. The Labute approximate surface area is 141 Å². The minimum Gasteiger partial charge on any atom is -0.444 e. The monoisotopic (exact) mass is 326 g/mol. The fraction of sp³-hybridized carbons (Fsp3) is 0.389. The van der Waals surface area contributed by atoms with Gasteiger partial charge in [0.15, 0.2) is 0 Å². The first-order valence-electron chi connectivity index (χ1n) is 8.05. The number of nitrogens with zero attached hydrogens (tertiary/aromatic N) is 3. The van der Waals surface area contributed by atoms with Gasteiger partial charge in [-0.3, -0.25) is 0 Å². The zero-order chi connectivity index (χ0) is 17.2. The first kappa shape index (κ1) is 16.2. The first-order valence-corrected chi connectivity index (χ1v) is 8.05. The molecule has 0 spiro atoms. The summed E-state index contributed by atoms with van der Waals surface area (Å²) in [5.74, 6) is 0.575. The van der Waals surface area contributed by atoms with Gasteiger partial charge in [0.1, 0.15) is 5.60 Å². The van der Waals surface area contributed by atoms with Crippen LogP contribution in [0.25, 0.3) is 0 Å². The van der Waals surface area contributed by atoms with Crippen molar-refractivity contribution in [2.45, 2.75) is 39.3 Å². The van der Waals surface area contributed by atoms with E-state index in [4.69, 9.17) is 4.74 Å². The fourth-order valence-corrected chi connectivity index (χ4v) is 2.51. The highest BCUT2D eigenvalue weighted by molar-refractivity contribution is 5.68. The van der Waals surface area contributed by atoms with Crippen molar-refractivity contribution in [3.8, 4) is 0 Å². The number of anilines is 2. The van der Waals surface area contributed by atoms with Crippen LogP contribution < -0.4 is 5.32 Å². The number of carbonyl (C=O) groups is 1. The van der Waals surface area contributed by atoms with Crippen molar-refractivity contribution in [1.29, 1.82) is 0 Å². The lowest BCUT2D eigenvalue weighted by molar-refractivity contribution is 0.0222. The maximum atomic E-state index is 12.2. The lowest BCUT2D eigenvalue weighted by Crippen LogP contribution is -2.40. The van der Waals surface area contributed by atoms with Crippen molar-refractivity contribution in [2.24, 2.45) is 0 Å². The molecule has 0 radical (unpaired) electrons. The van der Waals surface area contributed by atoms with Crippen molar-refractivity contribution in [3.05, 3.63) is 47.8 Å². The van der Waals surface area contributed by atoms with Crippen LogP contribution in [0.2, 0.25) is 0 Å². The van der Waals surface area contributed by atoms with Gasteiger partial charge in [0.2, 0.25) is 5.95 Å². The van der Waals surface area contributed by atoms with Gasteiger partial charge in [-0.15, -0.1) is 0 Å². The largest absolute Gasteiger partial charge is 0.444 e. The predicted molar refractivity (Wildman–Crippen MR) is 92.1 cm³/mol. The summed E-state index contributed by atoms with van der Waals surface area (Å²) in [6, 6.07) is 9.81. The van der Waals surface area contributed by atoms with E-state index in [0.717, 1.165) is 16.9 Å². The van der Waals surface area contributed by atoms with Gasteiger partial charge in [0.05, 0.1) is 12.2 Å². The highest BCUT2D eigenvalue weighted by Crippen LogP contribution is 2.21. The van der Waals surface area contributed by atoms with Crippen molar-refractivity contribution >= 4 is 17.7 Å². The van der Waals surface area contributed by atoms with E-state index in [9.17, 15) is 4.79 Å². The smallest absolute Gasteiger partial charge is 0.410 e. The number of nitrogens with one attached hydrogen (secondary N) is 1. The Bertz CT molecular complexity index is 726. The Hall–Kier alpha value is -2.63. The number of hydrogen-bond acceptors (Lipinski definition) is 5. The molecule has 0 aliphatic carbocycles. The summed E-state index contributed by atoms with van der Waals surface area (Å²) in [7, 11) is 0. The lowest BCUT2D eigenvalue weighted by Gasteiger charge is -2.30. The van der Waals surface area contributed by atoms with E-state index in [0.29, 0.717) is 25.5 Å². The second kappa shape index (κ2) is 6.47. The molecule has 1 aliphatic heterocycles. The van der Waals surface area contributed by atoms with Gasteiger partial charge >= 0.3 is 6.09 Å². The van der Waals surface area contributed by atoms with Crippen molar-refractivity contribution in [2.75, 3.05) is 11.9 Å². The van der Waals surface area contributed by atoms with Gasteiger partial charge < -0.3 is 15.0 Å². The molecule has 0 saturated carbocycles. The zero-order valence-corrected chi connectivity index (χ0v) is 14.2. The average molecular weight is 326 g/mol. The number of ether oxygens (including phenoxy) is 1. The standard InChI is InChI=1S/C18H22N4O2/c1-18(2,3)24-17(23)22-10-9-15-13(12-22)11-19-16(21-15)20-14-7-5-4-6-8-14/h4-8,11H,9-10,12H2,1-3H3,(H,19,20,21). The molecule has 1 aromatic heterocycles. The molecule has 1 aromatic carbocycles. The predicted octanol–water partition coefficient (Wildman–Crippen LogP) is 3.51. The molecular weight excluding hydrogens is 304 g/mol. The van der Waals surface area contributed by atoms with Crippen LogP contribution in [0, 0.1) is 0 Å². The van der Waals surface area contributed by atoms with Gasteiger partial charge in [-0.05, 0) is 32.9 Å². The summed E-state index contributed by atoms with van der Waals surface area (Å²) >= 11 is 0. The normalized spacial score (nSPS) is 14.0. The van der Waals surface area contributed by atoms with Crippen molar-refractivity contribution in [3.63, 3.8) is 0 Å². The van der Waals surface area contributed by atoms with Crippen LogP contribution in [0.1, 0.15) is 32.0 Å². The topological polar surface area (TPSA) is 67.3 Å².